The second kappa shape index (κ2) is 4.96. The van der Waals surface area contributed by atoms with Crippen LogP contribution in [0, 0.1) is 11.6 Å². The Kier molecular flexibility index (Phi) is 3.14. The maximum absolute atomic E-state index is 13.5. The van der Waals surface area contributed by atoms with E-state index in [2.05, 4.69) is 0 Å². The summed E-state index contributed by atoms with van der Waals surface area (Å²) in [6.45, 7) is 0.230. The number of hydrogen-bond donors (Lipinski definition) is 0. The van der Waals surface area contributed by atoms with E-state index in [0.717, 1.165) is 16.6 Å². The molecule has 3 aromatic rings. The van der Waals surface area contributed by atoms with E-state index in [9.17, 15) is 8.78 Å². The minimum atomic E-state index is -0.391. The summed E-state index contributed by atoms with van der Waals surface area (Å²) in [6, 6.07) is 12.7. The first kappa shape index (κ1) is 12.7. The summed E-state index contributed by atoms with van der Waals surface area (Å²) in [7, 11) is 1.88. The van der Waals surface area contributed by atoms with Gasteiger partial charge in [-0.1, -0.05) is 12.1 Å². The molecule has 0 saturated heterocycles. The summed E-state index contributed by atoms with van der Waals surface area (Å²) in [5.41, 5.74) is 1.77. The van der Waals surface area contributed by atoms with E-state index < -0.39 is 5.82 Å². The number of rotatable bonds is 3. The topological polar surface area (TPSA) is 14.2 Å². The maximum Gasteiger partial charge on any atom is 0.165 e. The first-order valence-electron chi connectivity index (χ1n) is 6.26. The molecule has 0 fully saturated rings. The molecule has 0 saturated carbocycles. The predicted molar refractivity (Wildman–Crippen MR) is 73.6 cm³/mol. The van der Waals surface area contributed by atoms with Gasteiger partial charge in [-0.25, -0.2) is 8.78 Å². The molecule has 20 heavy (non-hydrogen) atoms. The Labute approximate surface area is 115 Å². The number of fused-ring (bicyclic) bond motifs is 1. The van der Waals surface area contributed by atoms with Crippen LogP contribution in [0.5, 0.6) is 5.75 Å². The number of aromatic nitrogens is 1. The van der Waals surface area contributed by atoms with Crippen LogP contribution in [0.25, 0.3) is 10.9 Å². The fourth-order valence-corrected chi connectivity index (χ4v) is 2.23. The zero-order valence-corrected chi connectivity index (χ0v) is 10.9. The lowest BCUT2D eigenvalue weighted by atomic mass is 10.2. The van der Waals surface area contributed by atoms with Crippen LogP contribution in [0.4, 0.5) is 8.78 Å². The lowest BCUT2D eigenvalue weighted by Gasteiger charge is -2.08. The molecule has 1 aromatic heterocycles. The number of aryl methyl sites for hydroxylation is 1. The molecule has 0 N–H and O–H groups in total. The van der Waals surface area contributed by atoms with Crippen LogP contribution in [0.1, 0.15) is 5.69 Å². The average Bonchev–Trinajstić information content (AvgIpc) is 2.74. The summed E-state index contributed by atoms with van der Waals surface area (Å²) in [5, 5.41) is 0.805. The van der Waals surface area contributed by atoms with E-state index in [0.29, 0.717) is 0 Å². The summed E-state index contributed by atoms with van der Waals surface area (Å²) in [5.74, 6) is -0.453. The van der Waals surface area contributed by atoms with Crippen LogP contribution < -0.4 is 4.74 Å². The standard InChI is InChI=1S/C16H13F2NO/c1-19-13(9-11-8-12(17)6-7-15(11)19)10-20-16-5-3-2-4-14(16)18/h2-9H,10H2,1H3. The maximum atomic E-state index is 13.5. The monoisotopic (exact) mass is 273 g/mol. The fraction of sp³-hybridized carbons (Fsp3) is 0.125. The highest BCUT2D eigenvalue weighted by Crippen LogP contribution is 2.22. The summed E-state index contributed by atoms with van der Waals surface area (Å²) in [6.07, 6.45) is 0. The molecule has 1 heterocycles. The Balaban J connectivity index is 1.88. The largest absolute Gasteiger partial charge is 0.484 e. The number of ether oxygens (including phenoxy) is 1. The van der Waals surface area contributed by atoms with E-state index in [-0.39, 0.29) is 18.2 Å². The molecule has 0 bridgehead atoms. The highest BCUT2D eigenvalue weighted by atomic mass is 19.1. The molecule has 0 aliphatic rings. The highest BCUT2D eigenvalue weighted by molar-refractivity contribution is 5.81. The lowest BCUT2D eigenvalue weighted by Crippen LogP contribution is -2.02. The minimum absolute atomic E-state index is 0.212. The first-order valence-corrected chi connectivity index (χ1v) is 6.26. The van der Waals surface area contributed by atoms with Crippen molar-refractivity contribution in [3.63, 3.8) is 0 Å². The molecule has 0 radical (unpaired) electrons. The van der Waals surface area contributed by atoms with Gasteiger partial charge in [-0.2, -0.15) is 0 Å². The van der Waals surface area contributed by atoms with Crippen LogP contribution in [-0.2, 0) is 13.7 Å². The third-order valence-electron chi connectivity index (χ3n) is 3.32. The zero-order valence-electron chi connectivity index (χ0n) is 10.9. The molecular weight excluding hydrogens is 260 g/mol. The first-order chi connectivity index (χ1) is 9.65. The molecule has 0 atom stereocenters. The van der Waals surface area contributed by atoms with Crippen LogP contribution in [0.2, 0.25) is 0 Å². The minimum Gasteiger partial charge on any atom is -0.484 e. The van der Waals surface area contributed by atoms with Crippen molar-refractivity contribution in [3.05, 3.63) is 65.9 Å². The molecule has 0 unspecified atom stereocenters. The fourth-order valence-electron chi connectivity index (χ4n) is 2.23. The van der Waals surface area contributed by atoms with Crippen LogP contribution in [-0.4, -0.2) is 4.57 Å². The van der Waals surface area contributed by atoms with Crippen LogP contribution >= 0.6 is 0 Å². The lowest BCUT2D eigenvalue weighted by molar-refractivity contribution is 0.283. The molecule has 2 aromatic carbocycles. The quantitative estimate of drug-likeness (QED) is 0.702. The van der Waals surface area contributed by atoms with Gasteiger partial charge in [-0.3, -0.25) is 0 Å². The Morgan fingerprint density at radius 3 is 2.65 bits per heavy atom. The number of nitrogens with zero attached hydrogens (tertiary/aromatic N) is 1. The van der Waals surface area contributed by atoms with Gasteiger partial charge in [0.15, 0.2) is 11.6 Å². The van der Waals surface area contributed by atoms with E-state index in [1.54, 1.807) is 24.3 Å². The van der Waals surface area contributed by atoms with E-state index in [1.165, 1.54) is 18.2 Å². The van der Waals surface area contributed by atoms with Crippen molar-refractivity contribution in [1.82, 2.24) is 4.57 Å². The average molecular weight is 273 g/mol. The molecular formula is C16H13F2NO. The van der Waals surface area contributed by atoms with Crippen molar-refractivity contribution < 1.29 is 13.5 Å². The summed E-state index contributed by atoms with van der Waals surface area (Å²) in [4.78, 5) is 0. The van der Waals surface area contributed by atoms with Crippen molar-refractivity contribution in [2.24, 2.45) is 7.05 Å². The Morgan fingerprint density at radius 2 is 1.85 bits per heavy atom. The third-order valence-corrected chi connectivity index (χ3v) is 3.32. The SMILES string of the molecule is Cn1c(COc2ccccc2F)cc2cc(F)ccc21. The Hall–Kier alpha value is -2.36. The molecule has 0 aliphatic heterocycles. The van der Waals surface area contributed by atoms with Gasteiger partial charge in [0.2, 0.25) is 0 Å². The van der Waals surface area contributed by atoms with Gasteiger partial charge < -0.3 is 9.30 Å². The van der Waals surface area contributed by atoms with Gasteiger partial charge in [0.25, 0.3) is 0 Å². The number of benzene rings is 2. The second-order valence-corrected chi connectivity index (χ2v) is 4.62. The molecule has 4 heteroatoms. The molecule has 2 nitrogen and oxygen atoms in total. The van der Waals surface area contributed by atoms with Crippen molar-refractivity contribution in [2.45, 2.75) is 6.61 Å². The van der Waals surface area contributed by atoms with Gasteiger partial charge in [0.05, 0.1) is 5.69 Å². The van der Waals surface area contributed by atoms with Crippen molar-refractivity contribution in [3.8, 4) is 5.75 Å². The number of hydrogen-bond acceptors (Lipinski definition) is 1. The molecule has 0 amide bonds. The molecule has 0 spiro atoms. The van der Waals surface area contributed by atoms with E-state index in [1.807, 2.05) is 17.7 Å². The third kappa shape index (κ3) is 2.25. The number of para-hydroxylation sites is 1. The highest BCUT2D eigenvalue weighted by Gasteiger charge is 2.08. The van der Waals surface area contributed by atoms with Crippen molar-refractivity contribution in [2.75, 3.05) is 0 Å². The number of halogens is 2. The predicted octanol–water partition coefficient (Wildman–Crippen LogP) is 4.04. The van der Waals surface area contributed by atoms with Gasteiger partial charge in [0.1, 0.15) is 12.4 Å². The second-order valence-electron chi connectivity index (χ2n) is 4.62. The van der Waals surface area contributed by atoms with E-state index >= 15 is 0 Å². The molecule has 102 valence electrons. The summed E-state index contributed by atoms with van der Waals surface area (Å²) >= 11 is 0. The molecule has 0 aliphatic carbocycles. The van der Waals surface area contributed by atoms with Crippen LogP contribution in [0.3, 0.4) is 0 Å². The van der Waals surface area contributed by atoms with Gasteiger partial charge >= 0.3 is 0 Å². The van der Waals surface area contributed by atoms with Gasteiger partial charge in [-0.05, 0) is 36.4 Å². The Morgan fingerprint density at radius 1 is 1.05 bits per heavy atom. The smallest absolute Gasteiger partial charge is 0.165 e. The van der Waals surface area contributed by atoms with Crippen molar-refractivity contribution >= 4 is 10.9 Å². The van der Waals surface area contributed by atoms with E-state index in [4.69, 9.17) is 4.74 Å². The normalized spacial score (nSPS) is 10.9. The van der Waals surface area contributed by atoms with Gasteiger partial charge in [-0.15, -0.1) is 0 Å². The summed E-state index contributed by atoms with van der Waals surface area (Å²) < 4.78 is 34.0. The van der Waals surface area contributed by atoms with Crippen molar-refractivity contribution in [1.29, 1.82) is 0 Å². The zero-order chi connectivity index (χ0) is 14.1. The Bertz CT molecular complexity index is 764. The van der Waals surface area contributed by atoms with Crippen LogP contribution in [0.15, 0.2) is 48.5 Å². The van der Waals surface area contributed by atoms with Gasteiger partial charge in [0, 0.05) is 18.0 Å². The molecule has 3 rings (SSSR count).